The van der Waals surface area contributed by atoms with Crippen LogP contribution in [0.25, 0.3) is 0 Å². The third-order valence-electron chi connectivity index (χ3n) is 3.44. The van der Waals surface area contributed by atoms with E-state index in [2.05, 4.69) is 10.4 Å². The number of rotatable bonds is 7. The molecule has 1 heterocycles. The lowest BCUT2D eigenvalue weighted by Crippen LogP contribution is -2.44. The van der Waals surface area contributed by atoms with Gasteiger partial charge in [-0.25, -0.2) is 13.8 Å². The van der Waals surface area contributed by atoms with Crippen LogP contribution in [-0.4, -0.2) is 31.7 Å². The lowest BCUT2D eigenvalue weighted by Gasteiger charge is -2.22. The zero-order valence-electron chi connectivity index (χ0n) is 14.2. The van der Waals surface area contributed by atoms with Crippen LogP contribution in [0.2, 0.25) is 0 Å². The van der Waals surface area contributed by atoms with E-state index in [0.717, 1.165) is 6.26 Å². The Morgan fingerprint density at radius 3 is 2.30 bits per heavy atom. The van der Waals surface area contributed by atoms with Crippen molar-refractivity contribution in [3.63, 3.8) is 0 Å². The molecule has 1 aromatic heterocycles. The molecule has 0 saturated heterocycles. The number of halogens is 3. The SMILES string of the molecule is CS(=O)(=O)N(Cc1ccc(CNNC(=O)C(F)(F)F)cc1)c1cccnc1. The number of benzene rings is 1. The zero-order valence-corrected chi connectivity index (χ0v) is 15.0. The molecule has 0 atom stereocenters. The van der Waals surface area contributed by atoms with Gasteiger partial charge in [-0.15, -0.1) is 0 Å². The Morgan fingerprint density at radius 1 is 1.15 bits per heavy atom. The molecule has 0 aliphatic heterocycles. The first-order valence-electron chi connectivity index (χ1n) is 7.63. The maximum absolute atomic E-state index is 12.1. The maximum atomic E-state index is 12.1. The van der Waals surface area contributed by atoms with Crippen molar-refractivity contribution in [1.82, 2.24) is 15.8 Å². The van der Waals surface area contributed by atoms with Gasteiger partial charge in [-0.3, -0.25) is 19.5 Å². The molecule has 0 fully saturated rings. The lowest BCUT2D eigenvalue weighted by atomic mass is 10.1. The number of hydrogen-bond donors (Lipinski definition) is 2. The van der Waals surface area contributed by atoms with Gasteiger partial charge in [0.25, 0.3) is 0 Å². The Balaban J connectivity index is 2.01. The summed E-state index contributed by atoms with van der Waals surface area (Å²) in [5.41, 5.74) is 5.43. The first kappa shape index (κ1) is 20.6. The molecule has 1 amide bonds. The molecule has 0 aliphatic rings. The fourth-order valence-corrected chi connectivity index (χ4v) is 3.00. The predicted octanol–water partition coefficient (Wildman–Crippen LogP) is 1.73. The van der Waals surface area contributed by atoms with Crippen LogP contribution in [0.15, 0.2) is 48.8 Å². The molecule has 0 unspecified atom stereocenters. The topological polar surface area (TPSA) is 91.4 Å². The summed E-state index contributed by atoms with van der Waals surface area (Å²) in [6.07, 6.45) is -0.911. The third kappa shape index (κ3) is 6.22. The number of pyridine rings is 1. The van der Waals surface area contributed by atoms with Crippen LogP contribution in [0.1, 0.15) is 11.1 Å². The number of aromatic nitrogens is 1. The molecule has 0 saturated carbocycles. The number of alkyl halides is 3. The van der Waals surface area contributed by atoms with Crippen molar-refractivity contribution < 1.29 is 26.4 Å². The summed E-state index contributed by atoms with van der Waals surface area (Å²) in [4.78, 5) is 14.6. The largest absolute Gasteiger partial charge is 0.472 e. The Kier molecular flexibility index (Phi) is 6.39. The molecule has 11 heteroatoms. The highest BCUT2D eigenvalue weighted by molar-refractivity contribution is 7.92. The average molecular weight is 402 g/mol. The van der Waals surface area contributed by atoms with Crippen molar-refractivity contribution in [2.45, 2.75) is 19.3 Å². The zero-order chi connectivity index (χ0) is 20.1. The number of carbonyl (C=O) groups excluding carboxylic acids is 1. The summed E-state index contributed by atoms with van der Waals surface area (Å²) in [6.45, 7) is 0.0452. The molecular formula is C16H17F3N4O3S. The van der Waals surface area contributed by atoms with Gasteiger partial charge in [0.15, 0.2) is 0 Å². The van der Waals surface area contributed by atoms with Gasteiger partial charge in [0.05, 0.1) is 24.7 Å². The van der Waals surface area contributed by atoms with Crippen molar-refractivity contribution in [1.29, 1.82) is 0 Å². The van der Waals surface area contributed by atoms with Crippen molar-refractivity contribution in [3.05, 3.63) is 59.9 Å². The Labute approximate surface area is 154 Å². The van der Waals surface area contributed by atoms with E-state index in [4.69, 9.17) is 0 Å². The number of anilines is 1. The normalized spacial score (nSPS) is 11.9. The van der Waals surface area contributed by atoms with Crippen molar-refractivity contribution in [2.24, 2.45) is 0 Å². The Bertz CT molecular complexity index is 872. The van der Waals surface area contributed by atoms with Crippen molar-refractivity contribution >= 4 is 21.6 Å². The molecule has 0 bridgehead atoms. The second-order valence-electron chi connectivity index (χ2n) is 5.60. The number of nitrogens with one attached hydrogen (secondary N) is 2. The number of carbonyl (C=O) groups is 1. The quantitative estimate of drug-likeness (QED) is 0.689. The minimum Gasteiger partial charge on any atom is -0.283 e. The first-order valence-corrected chi connectivity index (χ1v) is 9.48. The molecule has 0 radical (unpaired) electrons. The predicted molar refractivity (Wildman–Crippen MR) is 92.7 cm³/mol. The van der Waals surface area contributed by atoms with Crippen LogP contribution in [0, 0.1) is 0 Å². The van der Waals surface area contributed by atoms with Gasteiger partial charge < -0.3 is 0 Å². The molecule has 0 spiro atoms. The molecule has 1 aromatic carbocycles. The highest BCUT2D eigenvalue weighted by Gasteiger charge is 2.38. The fourth-order valence-electron chi connectivity index (χ4n) is 2.13. The van der Waals surface area contributed by atoms with Gasteiger partial charge in [0, 0.05) is 12.7 Å². The summed E-state index contributed by atoms with van der Waals surface area (Å²) < 4.78 is 61.5. The molecule has 2 rings (SSSR count). The molecule has 2 N–H and O–H groups in total. The summed E-state index contributed by atoms with van der Waals surface area (Å²) in [5.74, 6) is -2.08. The minimum absolute atomic E-state index is 0.0273. The summed E-state index contributed by atoms with van der Waals surface area (Å²) >= 11 is 0. The van der Waals surface area contributed by atoms with Gasteiger partial charge >= 0.3 is 12.1 Å². The van der Waals surface area contributed by atoms with Crippen LogP contribution in [-0.2, 0) is 27.9 Å². The van der Waals surface area contributed by atoms with Crippen molar-refractivity contribution in [3.8, 4) is 0 Å². The average Bonchev–Trinajstić information content (AvgIpc) is 2.59. The van der Waals surface area contributed by atoms with Gasteiger partial charge in [0.2, 0.25) is 10.0 Å². The molecule has 2 aromatic rings. The monoisotopic (exact) mass is 402 g/mol. The van der Waals surface area contributed by atoms with E-state index in [1.165, 1.54) is 16.7 Å². The highest BCUT2D eigenvalue weighted by atomic mass is 32.2. The number of nitrogens with zero attached hydrogens (tertiary/aromatic N) is 2. The fraction of sp³-hybridized carbons (Fsp3) is 0.250. The van der Waals surface area contributed by atoms with Crippen molar-refractivity contribution in [2.75, 3.05) is 10.6 Å². The summed E-state index contributed by atoms with van der Waals surface area (Å²) in [7, 11) is -3.54. The second-order valence-corrected chi connectivity index (χ2v) is 7.51. The van der Waals surface area contributed by atoms with E-state index in [0.29, 0.717) is 16.8 Å². The van der Waals surface area contributed by atoms with Gasteiger partial charge in [-0.1, -0.05) is 24.3 Å². The van der Waals surface area contributed by atoms with E-state index in [9.17, 15) is 26.4 Å². The standard InChI is InChI=1S/C16H17F3N4O3S/c1-27(25,26)23(14-3-2-8-20-10-14)11-13-6-4-12(5-7-13)9-21-22-15(24)16(17,18)19/h2-8,10,21H,9,11H2,1H3,(H,22,24). The molecule has 7 nitrogen and oxygen atoms in total. The van der Waals surface area contributed by atoms with E-state index in [1.807, 2.05) is 0 Å². The van der Waals surface area contributed by atoms with Gasteiger partial charge in [-0.2, -0.15) is 13.2 Å². The van der Waals surface area contributed by atoms with Gasteiger partial charge in [0.1, 0.15) is 0 Å². The third-order valence-corrected chi connectivity index (χ3v) is 4.58. The second kappa shape index (κ2) is 8.35. The van der Waals surface area contributed by atoms with Crippen LogP contribution >= 0.6 is 0 Å². The van der Waals surface area contributed by atoms with Crippen LogP contribution in [0.5, 0.6) is 0 Å². The van der Waals surface area contributed by atoms with E-state index in [1.54, 1.807) is 41.8 Å². The van der Waals surface area contributed by atoms with Crippen LogP contribution < -0.4 is 15.2 Å². The molecular weight excluding hydrogens is 385 g/mol. The highest BCUT2D eigenvalue weighted by Crippen LogP contribution is 2.19. The number of sulfonamides is 1. The number of amides is 1. The van der Waals surface area contributed by atoms with Crippen LogP contribution in [0.4, 0.5) is 18.9 Å². The van der Waals surface area contributed by atoms with E-state index in [-0.39, 0.29) is 13.1 Å². The molecule has 0 aliphatic carbocycles. The van der Waals surface area contributed by atoms with Crippen LogP contribution in [0.3, 0.4) is 0 Å². The molecule has 27 heavy (non-hydrogen) atoms. The number of hydrazine groups is 1. The summed E-state index contributed by atoms with van der Waals surface area (Å²) in [6, 6.07) is 9.78. The van der Waals surface area contributed by atoms with E-state index >= 15 is 0 Å². The van der Waals surface area contributed by atoms with E-state index < -0.39 is 22.1 Å². The Morgan fingerprint density at radius 2 is 1.78 bits per heavy atom. The molecule has 146 valence electrons. The summed E-state index contributed by atoms with van der Waals surface area (Å²) in [5, 5.41) is 0. The smallest absolute Gasteiger partial charge is 0.283 e. The minimum atomic E-state index is -4.96. The maximum Gasteiger partial charge on any atom is 0.472 e. The first-order chi connectivity index (χ1) is 12.6. The Hall–Kier alpha value is -2.66. The number of hydrogen-bond acceptors (Lipinski definition) is 5. The lowest BCUT2D eigenvalue weighted by molar-refractivity contribution is -0.174. The van der Waals surface area contributed by atoms with Gasteiger partial charge in [-0.05, 0) is 23.3 Å².